The van der Waals surface area contributed by atoms with E-state index >= 15 is 0 Å². The fourth-order valence-corrected chi connectivity index (χ4v) is 1.53. The lowest BCUT2D eigenvalue weighted by Crippen LogP contribution is -1.96. The Morgan fingerprint density at radius 3 is 2.17 bits per heavy atom. The highest BCUT2D eigenvalue weighted by atomic mass is 35.5. The maximum atomic E-state index is 8.58. The quantitative estimate of drug-likeness (QED) is 0.463. The summed E-state index contributed by atoms with van der Waals surface area (Å²) in [6.45, 7) is 2.63. The van der Waals surface area contributed by atoms with E-state index in [9.17, 15) is 0 Å². The number of halogens is 1. The van der Waals surface area contributed by atoms with Crippen molar-refractivity contribution in [3.63, 3.8) is 0 Å². The molecule has 0 aromatic heterocycles. The van der Waals surface area contributed by atoms with Crippen LogP contribution in [0.2, 0.25) is 0 Å². The molecule has 0 saturated heterocycles. The van der Waals surface area contributed by atoms with Crippen LogP contribution in [0, 0.1) is 5.92 Å². The van der Waals surface area contributed by atoms with Crippen molar-refractivity contribution in [3.8, 4) is 0 Å². The molecule has 1 nitrogen and oxygen atoms in total. The van der Waals surface area contributed by atoms with E-state index in [0.29, 0.717) is 6.61 Å². The van der Waals surface area contributed by atoms with Crippen molar-refractivity contribution >= 4 is 11.6 Å². The molecule has 2 heteroatoms. The molecule has 0 aromatic carbocycles. The van der Waals surface area contributed by atoms with Crippen LogP contribution in [-0.2, 0) is 0 Å². The minimum atomic E-state index is 0.342. The number of aliphatic hydroxyl groups excluding tert-OH is 1. The number of hydrogen-bond donors (Lipinski definition) is 1. The van der Waals surface area contributed by atoms with Gasteiger partial charge >= 0.3 is 0 Å². The predicted molar refractivity (Wildman–Crippen MR) is 54.7 cm³/mol. The second kappa shape index (κ2) is 9.34. The fourth-order valence-electron chi connectivity index (χ4n) is 1.34. The molecule has 0 fully saturated rings. The van der Waals surface area contributed by atoms with Gasteiger partial charge < -0.3 is 5.11 Å². The maximum absolute atomic E-state index is 8.58. The third-order valence-electron chi connectivity index (χ3n) is 2.19. The van der Waals surface area contributed by atoms with Crippen molar-refractivity contribution in [1.82, 2.24) is 0 Å². The third-order valence-corrected chi connectivity index (χ3v) is 2.45. The van der Waals surface area contributed by atoms with E-state index in [-0.39, 0.29) is 0 Å². The number of aliphatic hydroxyl groups is 1. The van der Waals surface area contributed by atoms with Crippen LogP contribution >= 0.6 is 11.6 Å². The Morgan fingerprint density at radius 2 is 1.67 bits per heavy atom. The van der Waals surface area contributed by atoms with Gasteiger partial charge in [-0.05, 0) is 18.8 Å². The summed E-state index contributed by atoms with van der Waals surface area (Å²) in [6.07, 6.45) is 7.06. The molecule has 0 aliphatic rings. The van der Waals surface area contributed by atoms with Crippen LogP contribution in [0.4, 0.5) is 0 Å². The zero-order valence-electron chi connectivity index (χ0n) is 8.06. The molecule has 0 saturated carbocycles. The van der Waals surface area contributed by atoms with Crippen LogP contribution < -0.4 is 0 Å². The molecule has 0 amide bonds. The largest absolute Gasteiger partial charge is 0.396 e. The van der Waals surface area contributed by atoms with Crippen LogP contribution in [0.25, 0.3) is 0 Å². The Bertz CT molecular complexity index is 75.9. The smallest absolute Gasteiger partial charge is 0.0431 e. The van der Waals surface area contributed by atoms with Gasteiger partial charge in [-0.15, -0.1) is 11.6 Å². The number of hydrogen-bond acceptors (Lipinski definition) is 1. The average molecular weight is 193 g/mol. The van der Waals surface area contributed by atoms with E-state index in [1.165, 1.54) is 25.7 Å². The molecule has 0 aliphatic heterocycles. The summed E-state index contributed by atoms with van der Waals surface area (Å²) in [5.41, 5.74) is 0. The summed E-state index contributed by atoms with van der Waals surface area (Å²) < 4.78 is 0. The minimum Gasteiger partial charge on any atom is -0.396 e. The molecule has 0 heterocycles. The predicted octanol–water partition coefficient (Wildman–Crippen LogP) is 3.19. The van der Waals surface area contributed by atoms with Crippen LogP contribution in [0.1, 0.15) is 45.4 Å². The van der Waals surface area contributed by atoms with E-state index in [1.807, 2.05) is 0 Å². The summed E-state index contributed by atoms with van der Waals surface area (Å²) >= 11 is 5.58. The van der Waals surface area contributed by atoms with Gasteiger partial charge in [-0.3, -0.25) is 0 Å². The normalized spacial score (nSPS) is 13.2. The SMILES string of the molecule is C[C@H](CCCCO)CCCCCl. The first-order valence-electron chi connectivity index (χ1n) is 4.98. The van der Waals surface area contributed by atoms with Crippen LogP contribution in [-0.4, -0.2) is 17.6 Å². The molecule has 0 aromatic rings. The van der Waals surface area contributed by atoms with E-state index in [1.54, 1.807) is 0 Å². The highest BCUT2D eigenvalue weighted by Crippen LogP contribution is 2.14. The highest BCUT2D eigenvalue weighted by Gasteiger charge is 2.00. The molecular formula is C10H21ClO. The van der Waals surface area contributed by atoms with E-state index in [2.05, 4.69) is 6.92 Å². The number of alkyl halides is 1. The van der Waals surface area contributed by atoms with Gasteiger partial charge in [0.25, 0.3) is 0 Å². The topological polar surface area (TPSA) is 20.2 Å². The van der Waals surface area contributed by atoms with Crippen molar-refractivity contribution in [3.05, 3.63) is 0 Å². The minimum absolute atomic E-state index is 0.342. The van der Waals surface area contributed by atoms with Gasteiger partial charge in [0.15, 0.2) is 0 Å². The average Bonchev–Trinajstić information content (AvgIpc) is 2.06. The lowest BCUT2D eigenvalue weighted by molar-refractivity contribution is 0.277. The van der Waals surface area contributed by atoms with E-state index in [0.717, 1.165) is 24.6 Å². The Hall–Kier alpha value is 0.250. The second-order valence-electron chi connectivity index (χ2n) is 3.51. The molecule has 0 rings (SSSR count). The Labute approximate surface area is 81.1 Å². The summed E-state index contributed by atoms with van der Waals surface area (Å²) in [5, 5.41) is 8.58. The number of rotatable bonds is 8. The van der Waals surface area contributed by atoms with Gasteiger partial charge in [0.1, 0.15) is 0 Å². The van der Waals surface area contributed by atoms with Crippen molar-refractivity contribution < 1.29 is 5.11 Å². The van der Waals surface area contributed by atoms with Gasteiger partial charge in [-0.25, -0.2) is 0 Å². The molecule has 1 N–H and O–H groups in total. The van der Waals surface area contributed by atoms with Crippen LogP contribution in [0.5, 0.6) is 0 Å². The lowest BCUT2D eigenvalue weighted by Gasteiger charge is -2.09. The first-order chi connectivity index (χ1) is 5.81. The molecule has 0 radical (unpaired) electrons. The van der Waals surface area contributed by atoms with Crippen LogP contribution in [0.15, 0.2) is 0 Å². The first kappa shape index (κ1) is 12.2. The maximum Gasteiger partial charge on any atom is 0.0431 e. The highest BCUT2D eigenvalue weighted by molar-refractivity contribution is 6.17. The monoisotopic (exact) mass is 192 g/mol. The lowest BCUT2D eigenvalue weighted by atomic mass is 9.98. The van der Waals surface area contributed by atoms with Gasteiger partial charge in [0.05, 0.1) is 0 Å². The standard InChI is InChI=1S/C10H21ClO/c1-10(6-2-4-8-11)7-3-5-9-12/h10,12H,2-9H2,1H3/t10-/m0/s1. The van der Waals surface area contributed by atoms with Gasteiger partial charge in [0, 0.05) is 12.5 Å². The molecule has 74 valence electrons. The summed E-state index contributed by atoms with van der Waals surface area (Å²) in [6, 6.07) is 0. The molecule has 1 atom stereocenters. The van der Waals surface area contributed by atoms with Crippen molar-refractivity contribution in [2.75, 3.05) is 12.5 Å². The van der Waals surface area contributed by atoms with Crippen molar-refractivity contribution in [2.45, 2.75) is 45.4 Å². The van der Waals surface area contributed by atoms with Crippen molar-refractivity contribution in [1.29, 1.82) is 0 Å². The molecule has 12 heavy (non-hydrogen) atoms. The molecule has 0 spiro atoms. The Morgan fingerprint density at radius 1 is 1.08 bits per heavy atom. The van der Waals surface area contributed by atoms with Gasteiger partial charge in [-0.1, -0.05) is 32.6 Å². The summed E-state index contributed by atoms with van der Waals surface area (Å²) in [5.74, 6) is 1.60. The zero-order valence-corrected chi connectivity index (χ0v) is 8.82. The molecular weight excluding hydrogens is 172 g/mol. The van der Waals surface area contributed by atoms with E-state index in [4.69, 9.17) is 16.7 Å². The van der Waals surface area contributed by atoms with Gasteiger partial charge in [-0.2, -0.15) is 0 Å². The molecule has 0 unspecified atom stereocenters. The Kier molecular flexibility index (Phi) is 9.53. The van der Waals surface area contributed by atoms with Gasteiger partial charge in [0.2, 0.25) is 0 Å². The fraction of sp³-hybridized carbons (Fsp3) is 1.00. The summed E-state index contributed by atoms with van der Waals surface area (Å²) in [7, 11) is 0. The van der Waals surface area contributed by atoms with Crippen molar-refractivity contribution in [2.24, 2.45) is 5.92 Å². The molecule has 0 aliphatic carbocycles. The Balaban J connectivity index is 3.04. The third kappa shape index (κ3) is 8.35. The van der Waals surface area contributed by atoms with Crippen LogP contribution in [0.3, 0.4) is 0 Å². The van der Waals surface area contributed by atoms with E-state index < -0.39 is 0 Å². The first-order valence-corrected chi connectivity index (χ1v) is 5.51. The summed E-state index contributed by atoms with van der Waals surface area (Å²) in [4.78, 5) is 0. The second-order valence-corrected chi connectivity index (χ2v) is 3.89. The number of unbranched alkanes of at least 4 members (excludes halogenated alkanes) is 2. The zero-order chi connectivity index (χ0) is 9.23. The molecule has 0 bridgehead atoms.